The smallest absolute Gasteiger partial charge is 0.152 e. The topological polar surface area (TPSA) is 40.5 Å². The highest BCUT2D eigenvalue weighted by Gasteiger charge is 1.98. The fourth-order valence-corrected chi connectivity index (χ4v) is 1.33. The zero-order valence-corrected chi connectivity index (χ0v) is 9.68. The molecule has 0 atom stereocenters. The molecule has 16 heavy (non-hydrogen) atoms. The second kappa shape index (κ2) is 6.08. The van der Waals surface area contributed by atoms with E-state index in [-0.39, 0.29) is 12.4 Å². The van der Waals surface area contributed by atoms with E-state index in [1.165, 1.54) is 6.92 Å². The molecule has 3 heteroatoms. The van der Waals surface area contributed by atoms with Gasteiger partial charge in [-0.05, 0) is 30.7 Å². The minimum atomic E-state index is 0.0430. The summed E-state index contributed by atoms with van der Waals surface area (Å²) in [5, 5.41) is 8.81. The zero-order chi connectivity index (χ0) is 12.0. The molecule has 0 fully saturated rings. The average Bonchev–Trinajstić information content (AvgIpc) is 2.27. The van der Waals surface area contributed by atoms with E-state index in [1.54, 1.807) is 12.2 Å². The Morgan fingerprint density at radius 1 is 1.38 bits per heavy atom. The first-order valence-corrected chi connectivity index (χ1v) is 5.24. The van der Waals surface area contributed by atoms with Gasteiger partial charge in [-0.15, -0.1) is 0 Å². The Labute approximate surface area is 96.0 Å². The van der Waals surface area contributed by atoms with Crippen molar-refractivity contribution in [1.29, 1.82) is 0 Å². The van der Waals surface area contributed by atoms with E-state index in [0.29, 0.717) is 6.54 Å². The quantitative estimate of drug-likeness (QED) is 0.766. The first kappa shape index (κ1) is 12.5. The van der Waals surface area contributed by atoms with Crippen molar-refractivity contribution in [2.45, 2.75) is 6.92 Å². The highest BCUT2D eigenvalue weighted by molar-refractivity contribution is 5.91. The summed E-state index contributed by atoms with van der Waals surface area (Å²) in [5.41, 5.74) is 2.05. The number of hydrogen-bond acceptors (Lipinski definition) is 3. The number of benzene rings is 1. The molecule has 3 nitrogen and oxygen atoms in total. The van der Waals surface area contributed by atoms with Crippen LogP contribution in [0.15, 0.2) is 30.3 Å². The molecule has 0 aliphatic rings. The van der Waals surface area contributed by atoms with Crippen LogP contribution < -0.4 is 4.90 Å². The molecule has 1 aromatic carbocycles. The Kier molecular flexibility index (Phi) is 4.73. The number of nitrogens with zero attached hydrogens (tertiary/aromatic N) is 1. The van der Waals surface area contributed by atoms with Crippen LogP contribution >= 0.6 is 0 Å². The summed E-state index contributed by atoms with van der Waals surface area (Å²) in [6.45, 7) is 2.28. The van der Waals surface area contributed by atoms with Gasteiger partial charge >= 0.3 is 0 Å². The molecule has 0 radical (unpaired) electrons. The van der Waals surface area contributed by atoms with Crippen molar-refractivity contribution in [2.75, 3.05) is 25.1 Å². The summed E-state index contributed by atoms with van der Waals surface area (Å²) >= 11 is 0. The van der Waals surface area contributed by atoms with Crippen molar-refractivity contribution in [3.05, 3.63) is 35.9 Å². The standard InChI is InChI=1S/C13H17NO2/c1-11(16)3-4-12-5-7-13(8-6-12)14(2)9-10-15/h3-8,15H,9-10H2,1-2H3. The lowest BCUT2D eigenvalue weighted by molar-refractivity contribution is -0.112. The van der Waals surface area contributed by atoms with Crippen LogP contribution in [-0.4, -0.2) is 31.1 Å². The van der Waals surface area contributed by atoms with E-state index >= 15 is 0 Å². The summed E-state index contributed by atoms with van der Waals surface area (Å²) in [6.07, 6.45) is 3.34. The van der Waals surface area contributed by atoms with Gasteiger partial charge in [-0.1, -0.05) is 18.2 Å². The fourth-order valence-electron chi connectivity index (χ4n) is 1.33. The number of carbonyl (C=O) groups is 1. The van der Waals surface area contributed by atoms with Crippen molar-refractivity contribution < 1.29 is 9.90 Å². The van der Waals surface area contributed by atoms with Gasteiger partial charge < -0.3 is 10.0 Å². The third kappa shape index (κ3) is 3.87. The molecule has 0 aliphatic heterocycles. The normalized spacial score (nSPS) is 10.7. The zero-order valence-electron chi connectivity index (χ0n) is 9.68. The predicted octanol–water partition coefficient (Wildman–Crippen LogP) is 1.72. The summed E-state index contributed by atoms with van der Waals surface area (Å²) in [7, 11) is 1.93. The second-order valence-electron chi connectivity index (χ2n) is 3.68. The van der Waals surface area contributed by atoms with Gasteiger partial charge in [-0.3, -0.25) is 4.79 Å². The Hall–Kier alpha value is -1.61. The molecule has 1 N–H and O–H groups in total. The number of hydrogen-bond donors (Lipinski definition) is 1. The Balaban J connectivity index is 2.71. The van der Waals surface area contributed by atoms with Crippen LogP contribution in [0.5, 0.6) is 0 Å². The minimum Gasteiger partial charge on any atom is -0.395 e. The fraction of sp³-hybridized carbons (Fsp3) is 0.308. The van der Waals surface area contributed by atoms with Gasteiger partial charge in [0, 0.05) is 19.3 Å². The minimum absolute atomic E-state index is 0.0430. The van der Waals surface area contributed by atoms with Gasteiger partial charge in [-0.25, -0.2) is 0 Å². The Morgan fingerprint density at radius 3 is 2.50 bits per heavy atom. The van der Waals surface area contributed by atoms with Gasteiger partial charge in [0.2, 0.25) is 0 Å². The number of aliphatic hydroxyl groups is 1. The summed E-state index contributed by atoms with van der Waals surface area (Å²) < 4.78 is 0. The summed E-state index contributed by atoms with van der Waals surface area (Å²) in [4.78, 5) is 12.7. The first-order chi connectivity index (χ1) is 7.63. The summed E-state index contributed by atoms with van der Waals surface area (Å²) in [6, 6.07) is 7.83. The molecular formula is C13H17NO2. The lowest BCUT2D eigenvalue weighted by Gasteiger charge is -2.17. The monoisotopic (exact) mass is 219 g/mol. The van der Waals surface area contributed by atoms with E-state index in [1.807, 2.05) is 36.2 Å². The molecule has 0 heterocycles. The molecule has 0 unspecified atom stereocenters. The van der Waals surface area contributed by atoms with Crippen LogP contribution in [0.25, 0.3) is 6.08 Å². The van der Waals surface area contributed by atoms with E-state index in [4.69, 9.17) is 5.11 Å². The molecule has 1 rings (SSSR count). The Morgan fingerprint density at radius 2 is 2.00 bits per heavy atom. The molecule has 0 spiro atoms. The number of anilines is 1. The van der Waals surface area contributed by atoms with Crippen molar-refractivity contribution >= 4 is 17.5 Å². The number of ketones is 1. The SMILES string of the molecule is CC(=O)C=Cc1ccc(N(C)CCO)cc1. The number of allylic oxidation sites excluding steroid dienone is 1. The summed E-state index contributed by atoms with van der Waals surface area (Å²) in [5.74, 6) is 0.0430. The van der Waals surface area contributed by atoms with Gasteiger partial charge in [0.15, 0.2) is 5.78 Å². The largest absolute Gasteiger partial charge is 0.395 e. The third-order valence-electron chi connectivity index (χ3n) is 2.28. The van der Waals surface area contributed by atoms with Gasteiger partial charge in [0.1, 0.15) is 0 Å². The van der Waals surface area contributed by atoms with Crippen molar-refractivity contribution in [1.82, 2.24) is 0 Å². The second-order valence-corrected chi connectivity index (χ2v) is 3.68. The molecule has 0 saturated carbocycles. The lowest BCUT2D eigenvalue weighted by atomic mass is 10.1. The molecule has 0 bridgehead atoms. The van der Waals surface area contributed by atoms with Crippen molar-refractivity contribution in [2.24, 2.45) is 0 Å². The van der Waals surface area contributed by atoms with Gasteiger partial charge in [0.05, 0.1) is 6.61 Å². The van der Waals surface area contributed by atoms with Crippen molar-refractivity contribution in [3.8, 4) is 0 Å². The highest BCUT2D eigenvalue weighted by atomic mass is 16.3. The number of likely N-dealkylation sites (N-methyl/N-ethyl adjacent to an activating group) is 1. The molecule has 1 aromatic rings. The van der Waals surface area contributed by atoms with Crippen LogP contribution in [-0.2, 0) is 4.79 Å². The van der Waals surface area contributed by atoms with Crippen LogP contribution in [0.2, 0.25) is 0 Å². The van der Waals surface area contributed by atoms with Gasteiger partial charge in [-0.2, -0.15) is 0 Å². The van der Waals surface area contributed by atoms with Crippen LogP contribution in [0.4, 0.5) is 5.69 Å². The van der Waals surface area contributed by atoms with E-state index < -0.39 is 0 Å². The van der Waals surface area contributed by atoms with Crippen molar-refractivity contribution in [3.63, 3.8) is 0 Å². The number of rotatable bonds is 5. The number of carbonyl (C=O) groups excluding carboxylic acids is 1. The molecule has 0 saturated heterocycles. The maximum atomic E-state index is 10.8. The molecule has 0 aliphatic carbocycles. The predicted molar refractivity (Wildman–Crippen MR) is 66.5 cm³/mol. The lowest BCUT2D eigenvalue weighted by Crippen LogP contribution is -2.20. The first-order valence-electron chi connectivity index (χ1n) is 5.24. The van der Waals surface area contributed by atoms with Gasteiger partial charge in [0.25, 0.3) is 0 Å². The maximum absolute atomic E-state index is 10.8. The molecule has 0 amide bonds. The van der Waals surface area contributed by atoms with Crippen LogP contribution in [0, 0.1) is 0 Å². The maximum Gasteiger partial charge on any atom is 0.152 e. The van der Waals surface area contributed by atoms with E-state index in [0.717, 1.165) is 11.3 Å². The van der Waals surface area contributed by atoms with E-state index in [2.05, 4.69) is 0 Å². The Bertz CT molecular complexity index is 368. The average molecular weight is 219 g/mol. The molecule has 86 valence electrons. The molecule has 0 aromatic heterocycles. The highest BCUT2D eigenvalue weighted by Crippen LogP contribution is 2.14. The molecular weight excluding hydrogens is 202 g/mol. The van der Waals surface area contributed by atoms with Crippen LogP contribution in [0.1, 0.15) is 12.5 Å². The van der Waals surface area contributed by atoms with E-state index in [9.17, 15) is 4.79 Å². The van der Waals surface area contributed by atoms with Crippen LogP contribution in [0.3, 0.4) is 0 Å². The number of aliphatic hydroxyl groups excluding tert-OH is 1. The third-order valence-corrected chi connectivity index (χ3v) is 2.28.